The first-order chi connectivity index (χ1) is 9.97. The molecule has 2 aliphatic carbocycles. The molecule has 2 aliphatic rings. The number of methoxy groups -OCH3 is 1. The predicted octanol–water partition coefficient (Wildman–Crippen LogP) is 2.89. The van der Waals surface area contributed by atoms with Crippen LogP contribution in [0, 0.1) is 17.8 Å². The lowest BCUT2D eigenvalue weighted by Gasteiger charge is -2.33. The molecule has 4 nitrogen and oxygen atoms in total. The highest BCUT2D eigenvalue weighted by Crippen LogP contribution is 2.37. The van der Waals surface area contributed by atoms with Crippen molar-refractivity contribution in [1.29, 1.82) is 0 Å². The van der Waals surface area contributed by atoms with Crippen molar-refractivity contribution in [2.45, 2.75) is 70.4 Å². The third kappa shape index (κ3) is 3.78. The zero-order valence-electron chi connectivity index (χ0n) is 13.8. The van der Waals surface area contributed by atoms with Gasteiger partial charge in [0.05, 0.1) is 13.2 Å². The average molecular weight is 297 g/mol. The fourth-order valence-electron chi connectivity index (χ4n) is 3.99. The molecule has 0 aromatic heterocycles. The van der Waals surface area contributed by atoms with Gasteiger partial charge in [-0.05, 0) is 56.3 Å². The summed E-state index contributed by atoms with van der Waals surface area (Å²) in [7, 11) is 1.42. The topological polar surface area (TPSA) is 61.5 Å². The minimum Gasteiger partial charge on any atom is -0.468 e. The summed E-state index contributed by atoms with van der Waals surface area (Å²) in [5.41, 5.74) is 5.50. The van der Waals surface area contributed by atoms with Crippen LogP contribution in [-0.2, 0) is 14.3 Å². The van der Waals surface area contributed by atoms with E-state index >= 15 is 0 Å². The Morgan fingerprint density at radius 2 is 2.00 bits per heavy atom. The summed E-state index contributed by atoms with van der Waals surface area (Å²) in [5, 5.41) is 0. The number of rotatable bonds is 5. The zero-order valence-corrected chi connectivity index (χ0v) is 13.8. The second kappa shape index (κ2) is 7.10. The highest BCUT2D eigenvalue weighted by molar-refractivity contribution is 5.81. The zero-order chi connectivity index (χ0) is 15.5. The molecule has 2 N–H and O–H groups in total. The van der Waals surface area contributed by atoms with Crippen LogP contribution in [0.1, 0.15) is 58.8 Å². The van der Waals surface area contributed by atoms with Gasteiger partial charge >= 0.3 is 5.97 Å². The van der Waals surface area contributed by atoms with Crippen LogP contribution in [0.25, 0.3) is 0 Å². The number of ether oxygens (including phenoxy) is 2. The fraction of sp³-hybridized carbons (Fsp3) is 0.941. The van der Waals surface area contributed by atoms with E-state index in [0.29, 0.717) is 12.7 Å². The van der Waals surface area contributed by atoms with E-state index in [1.54, 1.807) is 0 Å². The summed E-state index contributed by atoms with van der Waals surface area (Å²) >= 11 is 0. The lowest BCUT2D eigenvalue weighted by molar-refractivity contribution is -0.148. The summed E-state index contributed by atoms with van der Waals surface area (Å²) < 4.78 is 10.9. The van der Waals surface area contributed by atoms with E-state index in [2.05, 4.69) is 13.8 Å². The smallest absolute Gasteiger partial charge is 0.326 e. The molecule has 21 heavy (non-hydrogen) atoms. The molecule has 0 spiro atoms. The summed E-state index contributed by atoms with van der Waals surface area (Å²) in [4.78, 5) is 11.9. The minimum atomic E-state index is -0.785. The van der Waals surface area contributed by atoms with Gasteiger partial charge in [0.1, 0.15) is 5.54 Å². The molecule has 0 aromatic rings. The predicted molar refractivity (Wildman–Crippen MR) is 82.8 cm³/mol. The summed E-state index contributed by atoms with van der Waals surface area (Å²) in [5.74, 6) is 1.50. The van der Waals surface area contributed by atoms with Crippen LogP contribution in [-0.4, -0.2) is 31.3 Å². The molecule has 2 saturated carbocycles. The molecular weight excluding hydrogens is 266 g/mol. The Kier molecular flexibility index (Phi) is 5.67. The van der Waals surface area contributed by atoms with E-state index in [1.807, 2.05) is 0 Å². The average Bonchev–Trinajstić information content (AvgIpc) is 2.84. The largest absolute Gasteiger partial charge is 0.468 e. The molecule has 0 saturated heterocycles. The maximum atomic E-state index is 11.9. The number of hydrogen-bond donors (Lipinski definition) is 1. The van der Waals surface area contributed by atoms with Crippen LogP contribution in [0.5, 0.6) is 0 Å². The first-order valence-electron chi connectivity index (χ1n) is 8.46. The molecule has 0 heterocycles. The van der Waals surface area contributed by atoms with E-state index in [-0.39, 0.29) is 11.9 Å². The van der Waals surface area contributed by atoms with Gasteiger partial charge in [0.2, 0.25) is 0 Å². The quantitative estimate of drug-likeness (QED) is 0.793. The van der Waals surface area contributed by atoms with Crippen molar-refractivity contribution in [2.24, 2.45) is 23.5 Å². The highest BCUT2D eigenvalue weighted by atomic mass is 16.5. The van der Waals surface area contributed by atoms with Crippen LogP contribution in [0.15, 0.2) is 0 Å². The third-order valence-corrected chi connectivity index (χ3v) is 5.81. The molecule has 0 bridgehead atoms. The van der Waals surface area contributed by atoms with Crippen molar-refractivity contribution < 1.29 is 14.3 Å². The molecule has 2 rings (SSSR count). The summed E-state index contributed by atoms with van der Waals surface area (Å²) in [6.45, 7) is 5.37. The van der Waals surface area contributed by atoms with Crippen LogP contribution >= 0.6 is 0 Å². The number of carbonyl (C=O) groups is 1. The number of carbonyl (C=O) groups excluding carboxylic acids is 1. The van der Waals surface area contributed by atoms with Crippen LogP contribution in [0.3, 0.4) is 0 Å². The first-order valence-corrected chi connectivity index (χ1v) is 8.46. The molecule has 2 fully saturated rings. The Hall–Kier alpha value is -0.610. The van der Waals surface area contributed by atoms with Gasteiger partial charge in [-0.2, -0.15) is 0 Å². The monoisotopic (exact) mass is 297 g/mol. The molecule has 0 aromatic carbocycles. The van der Waals surface area contributed by atoms with Crippen LogP contribution in [0.2, 0.25) is 0 Å². The van der Waals surface area contributed by atoms with Gasteiger partial charge < -0.3 is 15.2 Å². The summed E-state index contributed by atoms with van der Waals surface area (Å²) in [6.07, 6.45) is 7.61. The molecule has 4 heteroatoms. The maximum absolute atomic E-state index is 11.9. The van der Waals surface area contributed by atoms with E-state index in [1.165, 1.54) is 20.0 Å². The molecule has 0 aliphatic heterocycles. The van der Waals surface area contributed by atoms with Gasteiger partial charge in [0, 0.05) is 6.61 Å². The third-order valence-electron chi connectivity index (χ3n) is 5.81. The van der Waals surface area contributed by atoms with E-state index in [0.717, 1.165) is 43.9 Å². The lowest BCUT2D eigenvalue weighted by Crippen LogP contribution is -2.52. The second-order valence-corrected chi connectivity index (χ2v) is 7.17. The van der Waals surface area contributed by atoms with Crippen molar-refractivity contribution in [3.8, 4) is 0 Å². The molecular formula is C17H31NO3. The van der Waals surface area contributed by atoms with Crippen molar-refractivity contribution in [2.75, 3.05) is 13.7 Å². The summed E-state index contributed by atoms with van der Waals surface area (Å²) in [6, 6.07) is 0. The van der Waals surface area contributed by atoms with Gasteiger partial charge in [-0.25, -0.2) is 0 Å². The molecule has 0 radical (unpaired) electrons. The van der Waals surface area contributed by atoms with Gasteiger partial charge in [0.25, 0.3) is 0 Å². The van der Waals surface area contributed by atoms with E-state index in [4.69, 9.17) is 15.2 Å². The molecule has 5 unspecified atom stereocenters. The number of esters is 1. The van der Waals surface area contributed by atoms with Gasteiger partial charge in [-0.3, -0.25) is 4.79 Å². The normalized spacial score (nSPS) is 40.2. The fourth-order valence-corrected chi connectivity index (χ4v) is 3.99. The van der Waals surface area contributed by atoms with Crippen LogP contribution in [0.4, 0.5) is 0 Å². The Morgan fingerprint density at radius 3 is 2.67 bits per heavy atom. The highest BCUT2D eigenvalue weighted by Gasteiger charge is 2.46. The Bertz CT molecular complexity index is 360. The molecule has 122 valence electrons. The second-order valence-electron chi connectivity index (χ2n) is 7.17. The molecule has 0 amide bonds. The number of hydrogen-bond acceptors (Lipinski definition) is 4. The first kappa shape index (κ1) is 16.8. The van der Waals surface area contributed by atoms with Gasteiger partial charge in [-0.1, -0.05) is 20.3 Å². The molecule has 5 atom stereocenters. The van der Waals surface area contributed by atoms with Crippen molar-refractivity contribution in [1.82, 2.24) is 0 Å². The maximum Gasteiger partial charge on any atom is 0.326 e. The lowest BCUT2D eigenvalue weighted by atomic mass is 9.80. The Morgan fingerprint density at radius 1 is 1.24 bits per heavy atom. The Balaban J connectivity index is 1.77. The SMILES string of the molecule is COC(=O)C1(N)CCCC1CCOC1CCC(C)C(C)C1. The van der Waals surface area contributed by atoms with E-state index in [9.17, 15) is 4.79 Å². The van der Waals surface area contributed by atoms with Crippen molar-refractivity contribution in [3.05, 3.63) is 0 Å². The van der Waals surface area contributed by atoms with Crippen molar-refractivity contribution in [3.63, 3.8) is 0 Å². The van der Waals surface area contributed by atoms with E-state index < -0.39 is 5.54 Å². The number of nitrogens with two attached hydrogens (primary N) is 1. The van der Waals surface area contributed by atoms with Gasteiger partial charge in [-0.15, -0.1) is 0 Å². The standard InChI is InChI=1S/C17H31NO3/c1-12-6-7-15(11-13(12)2)21-10-8-14-5-4-9-17(14,18)16(19)20-3/h12-15H,4-11,18H2,1-3H3. The van der Waals surface area contributed by atoms with Crippen LogP contribution < -0.4 is 5.73 Å². The van der Waals surface area contributed by atoms with Gasteiger partial charge in [0.15, 0.2) is 0 Å². The Labute approximate surface area is 128 Å². The minimum absolute atomic E-state index is 0.199. The van der Waals surface area contributed by atoms with Crippen molar-refractivity contribution >= 4 is 5.97 Å².